The molecule has 19 heavy (non-hydrogen) atoms. The van der Waals surface area contributed by atoms with Gasteiger partial charge in [0.05, 0.1) is 5.02 Å². The van der Waals surface area contributed by atoms with E-state index in [9.17, 15) is 9.59 Å². The van der Waals surface area contributed by atoms with Gasteiger partial charge in [0.1, 0.15) is 11.7 Å². The smallest absolute Gasteiger partial charge is 0.326 e. The predicted molar refractivity (Wildman–Crippen MR) is 73.6 cm³/mol. The van der Waals surface area contributed by atoms with E-state index < -0.39 is 17.9 Å². The van der Waals surface area contributed by atoms with E-state index in [0.717, 1.165) is 0 Å². The molecular weight excluding hydrogens is 268 g/mol. The van der Waals surface area contributed by atoms with Crippen molar-refractivity contribution in [2.45, 2.75) is 45.7 Å². The standard InChI is InChI=1S/C13H19ClN2O3/c1-4-5-10(13(18)19)15-12(17)11-6-9(14)7-16(11)8(2)3/h6-8,10H,4-5H2,1-3H3,(H,15,17)(H,18,19)/t10-/m1/s1. The molecule has 0 aliphatic rings. The van der Waals surface area contributed by atoms with Crippen LogP contribution in [-0.4, -0.2) is 27.6 Å². The second-order valence-corrected chi connectivity index (χ2v) is 5.13. The molecule has 6 heteroatoms. The van der Waals surface area contributed by atoms with Gasteiger partial charge in [-0.2, -0.15) is 0 Å². The van der Waals surface area contributed by atoms with E-state index in [1.807, 2.05) is 20.8 Å². The molecule has 2 N–H and O–H groups in total. The highest BCUT2D eigenvalue weighted by Crippen LogP contribution is 2.19. The molecule has 0 fully saturated rings. The van der Waals surface area contributed by atoms with Crippen LogP contribution in [0.3, 0.4) is 0 Å². The highest BCUT2D eigenvalue weighted by molar-refractivity contribution is 6.31. The summed E-state index contributed by atoms with van der Waals surface area (Å²) in [4.78, 5) is 23.2. The number of carbonyl (C=O) groups is 2. The third kappa shape index (κ3) is 3.99. The van der Waals surface area contributed by atoms with Crippen LogP contribution in [0.1, 0.15) is 50.1 Å². The lowest BCUT2D eigenvalue weighted by Gasteiger charge is -2.16. The quantitative estimate of drug-likeness (QED) is 0.844. The van der Waals surface area contributed by atoms with Crippen molar-refractivity contribution < 1.29 is 14.7 Å². The Balaban J connectivity index is 2.91. The Morgan fingerprint density at radius 1 is 1.47 bits per heavy atom. The summed E-state index contributed by atoms with van der Waals surface area (Å²) in [7, 11) is 0. The Morgan fingerprint density at radius 2 is 2.11 bits per heavy atom. The first-order valence-corrected chi connectivity index (χ1v) is 6.65. The number of carboxylic acid groups (broad SMARTS) is 1. The molecule has 0 spiro atoms. The first kappa shape index (κ1) is 15.6. The maximum absolute atomic E-state index is 12.1. The van der Waals surface area contributed by atoms with Gasteiger partial charge in [-0.15, -0.1) is 0 Å². The van der Waals surface area contributed by atoms with Gasteiger partial charge >= 0.3 is 5.97 Å². The molecule has 1 amide bonds. The number of hydrogen-bond donors (Lipinski definition) is 2. The minimum Gasteiger partial charge on any atom is -0.480 e. The van der Waals surface area contributed by atoms with Crippen molar-refractivity contribution >= 4 is 23.5 Å². The van der Waals surface area contributed by atoms with Gasteiger partial charge in [0.2, 0.25) is 0 Å². The number of amides is 1. The fourth-order valence-corrected chi connectivity index (χ4v) is 2.04. The van der Waals surface area contributed by atoms with Gasteiger partial charge in [-0.05, 0) is 26.3 Å². The summed E-state index contributed by atoms with van der Waals surface area (Å²) >= 11 is 5.90. The fourth-order valence-electron chi connectivity index (χ4n) is 1.83. The zero-order valence-electron chi connectivity index (χ0n) is 11.3. The molecule has 1 aromatic rings. The van der Waals surface area contributed by atoms with E-state index in [4.69, 9.17) is 16.7 Å². The van der Waals surface area contributed by atoms with Crippen molar-refractivity contribution in [1.82, 2.24) is 9.88 Å². The highest BCUT2D eigenvalue weighted by Gasteiger charge is 2.22. The molecule has 106 valence electrons. The lowest BCUT2D eigenvalue weighted by atomic mass is 10.1. The van der Waals surface area contributed by atoms with Crippen LogP contribution >= 0.6 is 11.6 Å². The number of hydrogen-bond acceptors (Lipinski definition) is 2. The largest absolute Gasteiger partial charge is 0.480 e. The summed E-state index contributed by atoms with van der Waals surface area (Å²) in [5.41, 5.74) is 0.377. The van der Waals surface area contributed by atoms with Crippen molar-refractivity contribution in [3.05, 3.63) is 23.0 Å². The maximum atomic E-state index is 12.1. The second-order valence-electron chi connectivity index (χ2n) is 4.70. The molecule has 1 rings (SSSR count). The summed E-state index contributed by atoms with van der Waals surface area (Å²) in [5, 5.41) is 12.0. The van der Waals surface area contributed by atoms with Gasteiger partial charge in [0.25, 0.3) is 5.91 Å². The Labute approximate surface area is 117 Å². The molecule has 1 atom stereocenters. The topological polar surface area (TPSA) is 71.3 Å². The van der Waals surface area contributed by atoms with E-state index in [-0.39, 0.29) is 6.04 Å². The van der Waals surface area contributed by atoms with Gasteiger partial charge in [0.15, 0.2) is 0 Å². The average molecular weight is 287 g/mol. The van der Waals surface area contributed by atoms with Crippen LogP contribution < -0.4 is 5.32 Å². The molecule has 0 unspecified atom stereocenters. The average Bonchev–Trinajstić information content (AvgIpc) is 2.70. The summed E-state index contributed by atoms with van der Waals surface area (Å²) in [6, 6.07) is 0.747. The second kappa shape index (κ2) is 6.61. The molecule has 0 aliphatic heterocycles. The van der Waals surface area contributed by atoms with Crippen LogP contribution in [0.15, 0.2) is 12.3 Å². The van der Waals surface area contributed by atoms with Crippen molar-refractivity contribution in [2.75, 3.05) is 0 Å². The van der Waals surface area contributed by atoms with Crippen molar-refractivity contribution in [2.24, 2.45) is 0 Å². The maximum Gasteiger partial charge on any atom is 0.326 e. The molecule has 0 saturated carbocycles. The molecular formula is C13H19ClN2O3. The Bertz CT molecular complexity index is 468. The van der Waals surface area contributed by atoms with Crippen LogP contribution in [-0.2, 0) is 4.79 Å². The number of nitrogens with one attached hydrogen (secondary N) is 1. The Hall–Kier alpha value is -1.49. The monoisotopic (exact) mass is 286 g/mol. The summed E-state index contributed by atoms with van der Waals surface area (Å²) in [5.74, 6) is -1.44. The van der Waals surface area contributed by atoms with E-state index in [2.05, 4.69) is 5.32 Å². The Kier molecular flexibility index (Phi) is 5.42. The summed E-state index contributed by atoms with van der Waals surface area (Å²) < 4.78 is 1.72. The van der Waals surface area contributed by atoms with E-state index in [1.165, 1.54) is 0 Å². The number of aliphatic carboxylic acids is 1. The molecule has 0 aromatic carbocycles. The lowest BCUT2D eigenvalue weighted by Crippen LogP contribution is -2.41. The molecule has 0 saturated heterocycles. The molecule has 0 bridgehead atoms. The summed E-state index contributed by atoms with van der Waals surface area (Å²) in [6.45, 7) is 5.72. The fraction of sp³-hybridized carbons (Fsp3) is 0.538. The number of halogens is 1. The first-order chi connectivity index (χ1) is 8.86. The van der Waals surface area contributed by atoms with E-state index >= 15 is 0 Å². The number of nitrogens with zero attached hydrogens (tertiary/aromatic N) is 1. The molecule has 1 aromatic heterocycles. The van der Waals surface area contributed by atoms with Crippen LogP contribution in [0.25, 0.3) is 0 Å². The van der Waals surface area contributed by atoms with Gasteiger partial charge in [-0.1, -0.05) is 24.9 Å². The zero-order chi connectivity index (χ0) is 14.6. The van der Waals surface area contributed by atoms with Crippen LogP contribution in [0.4, 0.5) is 0 Å². The number of carbonyl (C=O) groups excluding carboxylic acids is 1. The molecule has 0 aliphatic carbocycles. The number of aromatic nitrogens is 1. The zero-order valence-corrected chi connectivity index (χ0v) is 12.1. The van der Waals surface area contributed by atoms with Gasteiger partial charge in [-0.25, -0.2) is 4.79 Å². The van der Waals surface area contributed by atoms with Crippen molar-refractivity contribution in [1.29, 1.82) is 0 Å². The number of rotatable bonds is 6. The van der Waals surface area contributed by atoms with Gasteiger partial charge < -0.3 is 15.0 Å². The van der Waals surface area contributed by atoms with Gasteiger partial charge in [-0.3, -0.25) is 4.79 Å². The van der Waals surface area contributed by atoms with Crippen molar-refractivity contribution in [3.63, 3.8) is 0 Å². The normalized spacial score (nSPS) is 12.5. The van der Waals surface area contributed by atoms with Crippen LogP contribution in [0, 0.1) is 0 Å². The molecule has 1 heterocycles. The summed E-state index contributed by atoms with van der Waals surface area (Å²) in [6.07, 6.45) is 2.75. The van der Waals surface area contributed by atoms with E-state index in [0.29, 0.717) is 23.6 Å². The van der Waals surface area contributed by atoms with Crippen LogP contribution in [0.5, 0.6) is 0 Å². The number of carboxylic acids is 1. The predicted octanol–water partition coefficient (Wildman–Crippen LogP) is 2.71. The third-order valence-electron chi connectivity index (χ3n) is 2.78. The Morgan fingerprint density at radius 3 is 2.58 bits per heavy atom. The molecule has 5 nitrogen and oxygen atoms in total. The molecule has 0 radical (unpaired) electrons. The third-order valence-corrected chi connectivity index (χ3v) is 2.99. The first-order valence-electron chi connectivity index (χ1n) is 6.27. The van der Waals surface area contributed by atoms with E-state index in [1.54, 1.807) is 16.8 Å². The van der Waals surface area contributed by atoms with Gasteiger partial charge in [0, 0.05) is 12.2 Å². The minimum absolute atomic E-state index is 0.0719. The van der Waals surface area contributed by atoms with Crippen molar-refractivity contribution in [3.8, 4) is 0 Å². The SMILES string of the molecule is CCC[C@@H](NC(=O)c1cc(Cl)cn1C(C)C)C(=O)O. The highest BCUT2D eigenvalue weighted by atomic mass is 35.5. The minimum atomic E-state index is -1.02. The lowest BCUT2D eigenvalue weighted by molar-refractivity contribution is -0.139. The van der Waals surface area contributed by atoms with Crippen LogP contribution in [0.2, 0.25) is 5.02 Å².